The first kappa shape index (κ1) is 91.0. The Labute approximate surface area is 593 Å². The molecular weight excluding hydrogens is 1120 g/mol. The Bertz CT molecular complexity index is 1620. The van der Waals surface area contributed by atoms with Crippen molar-refractivity contribution in [3.8, 4) is 0 Å². The fraction of sp³-hybridized carbons (Fsp3) is 1.00. The van der Waals surface area contributed by atoms with Gasteiger partial charge in [0.05, 0.1) is 0 Å². The van der Waals surface area contributed by atoms with Crippen molar-refractivity contribution in [1.29, 1.82) is 0 Å². The van der Waals surface area contributed by atoms with E-state index in [9.17, 15) is 0 Å². The van der Waals surface area contributed by atoms with Gasteiger partial charge in [0.25, 0.3) is 0 Å². The molecule has 0 saturated heterocycles. The summed E-state index contributed by atoms with van der Waals surface area (Å²) in [4.78, 5) is 0. The predicted octanol–water partition coefficient (Wildman–Crippen LogP) is 34.7. The van der Waals surface area contributed by atoms with Crippen LogP contribution >= 0.6 is 0 Å². The van der Waals surface area contributed by atoms with Crippen LogP contribution in [0.2, 0.25) is 0 Å². The number of hydrogen-bond acceptors (Lipinski definition) is 0. The van der Waals surface area contributed by atoms with Crippen LogP contribution in [0.15, 0.2) is 0 Å². The quantitative estimate of drug-likeness (QED) is 0.171. The second kappa shape index (κ2) is 49.5. The molecule has 0 heteroatoms. The van der Waals surface area contributed by atoms with Gasteiger partial charge in [-0.3, -0.25) is 0 Å². The minimum atomic E-state index is 0.507. The van der Waals surface area contributed by atoms with Crippen LogP contribution < -0.4 is 0 Å². The first-order chi connectivity index (χ1) is 44.0. The molecule has 0 spiro atoms. The lowest BCUT2D eigenvalue weighted by Crippen LogP contribution is -2.34. The summed E-state index contributed by atoms with van der Waals surface area (Å²) >= 11 is 0. The Kier molecular flexibility index (Phi) is 48.5. The summed E-state index contributed by atoms with van der Waals surface area (Å²) in [7, 11) is 0. The van der Waals surface area contributed by atoms with Crippen LogP contribution in [0.3, 0.4) is 0 Å². The molecule has 0 N–H and O–H groups in total. The molecule has 9 aliphatic rings. The molecule has 558 valence electrons. The first-order valence-electron chi connectivity index (χ1n) is 44.0. The summed E-state index contributed by atoms with van der Waals surface area (Å²) in [5, 5.41) is 0. The van der Waals surface area contributed by atoms with Crippen molar-refractivity contribution >= 4 is 0 Å². The van der Waals surface area contributed by atoms with Gasteiger partial charge in [0, 0.05) is 0 Å². The molecule has 0 aromatic rings. The second-order valence-electron chi connectivity index (χ2n) is 39.4. The largest absolute Gasteiger partial charge is 0.0654 e. The van der Waals surface area contributed by atoms with Crippen LogP contribution in [-0.2, 0) is 0 Å². The van der Waals surface area contributed by atoms with E-state index in [-0.39, 0.29) is 0 Å². The van der Waals surface area contributed by atoms with Crippen LogP contribution in [0.25, 0.3) is 0 Å². The highest BCUT2D eigenvalue weighted by atomic mass is 14.4. The van der Waals surface area contributed by atoms with Crippen LogP contribution in [-0.4, -0.2) is 0 Å². The third kappa shape index (κ3) is 42.1. The van der Waals surface area contributed by atoms with Gasteiger partial charge in [-0.25, -0.2) is 0 Å². The van der Waals surface area contributed by atoms with E-state index >= 15 is 0 Å². The smallest absolute Gasteiger partial charge is 0.0277 e. The first-order valence-corrected chi connectivity index (χ1v) is 44.0. The fourth-order valence-electron chi connectivity index (χ4n) is 19.1. The van der Waals surface area contributed by atoms with E-state index in [2.05, 4.69) is 145 Å². The molecule has 0 atom stereocenters. The standard InChI is InChI=1S/C12H24.3C11H22.3C10H20.2C9H18/c1-4-12(10-11(2)3)8-6-5-7-9-12;1-10(2,3)11(4)8-6-5-7-9-11;1-3-11(2)9-7-5-4-6-8-10-11;1-3-4-8-11(2)9-6-5-7-10-11;1-10(2)8-6-4-3-5-7-9-10;1-3-10(2)8-6-4-5-7-9-10;1-3-10(4-2)8-6-5-7-9-10;1-9(2)7-5-3-4-6-8-9;1-3-6-9(2)7-4-5-8-9/h11H,4-10H2,1-3H3;5-9H2,1-4H3;2*3-10H2,1-2H3;3*3-9H2,1-2H3;2*3-8H2,1-2H3. The molecule has 9 rings (SSSR count). The SMILES string of the molecule is CC(C)(C)C1(C)CCCCC1.CC1(C)CCCCCC1.CC1(C)CCCCCCC1.CCC1(C)CCCCCC1.CCC1(C)CCCCCCC1.CCC1(CC(C)C)CCCCC1.CCC1(CC)CCCCC1.CCCC1(C)CCCC1.CCCCC1(C)CCCCC1. The third-order valence-electron chi connectivity index (χ3n) is 28.3. The van der Waals surface area contributed by atoms with Gasteiger partial charge in [0.1, 0.15) is 0 Å². The van der Waals surface area contributed by atoms with Crippen molar-refractivity contribution in [2.45, 2.75) is 537 Å². The zero-order chi connectivity index (χ0) is 69.7. The molecular formula is C93H186. The van der Waals surface area contributed by atoms with Crippen molar-refractivity contribution in [3.63, 3.8) is 0 Å². The summed E-state index contributed by atoms with van der Waals surface area (Å²) in [6.07, 6.45) is 89.4. The number of rotatable bonds is 12. The average molecular weight is 1300 g/mol. The zero-order valence-electron chi connectivity index (χ0n) is 69.7. The zero-order valence-corrected chi connectivity index (χ0v) is 69.7. The van der Waals surface area contributed by atoms with E-state index < -0.39 is 0 Å². The van der Waals surface area contributed by atoms with Gasteiger partial charge in [0.15, 0.2) is 0 Å². The Morgan fingerprint density at radius 1 is 0.247 bits per heavy atom. The van der Waals surface area contributed by atoms with Crippen LogP contribution in [0.4, 0.5) is 0 Å². The molecule has 0 unspecified atom stereocenters. The number of hydrogen-bond donors (Lipinski definition) is 0. The molecule has 0 heterocycles. The minimum absolute atomic E-state index is 0.507. The van der Waals surface area contributed by atoms with Gasteiger partial charge < -0.3 is 0 Å². The highest BCUT2D eigenvalue weighted by Gasteiger charge is 2.38. The molecule has 0 bridgehead atoms. The van der Waals surface area contributed by atoms with E-state index in [0.29, 0.717) is 32.5 Å². The summed E-state index contributed by atoms with van der Waals surface area (Å²) < 4.78 is 0. The van der Waals surface area contributed by atoms with Gasteiger partial charge in [-0.2, -0.15) is 0 Å². The second-order valence-corrected chi connectivity index (χ2v) is 39.4. The lowest BCUT2D eigenvalue weighted by molar-refractivity contribution is 0.0601. The van der Waals surface area contributed by atoms with E-state index in [4.69, 9.17) is 0 Å². The van der Waals surface area contributed by atoms with Gasteiger partial charge in [-0.05, 0) is 195 Å². The predicted molar refractivity (Wildman–Crippen MR) is 429 cm³/mol. The van der Waals surface area contributed by atoms with Crippen molar-refractivity contribution in [2.75, 3.05) is 0 Å². The summed E-state index contributed by atoms with van der Waals surface area (Å²) in [6.45, 7) is 50.2. The topological polar surface area (TPSA) is 0 Å². The normalized spacial score (nSPS) is 25.1. The Balaban J connectivity index is 0.000000524. The molecule has 0 aromatic carbocycles. The Morgan fingerprint density at radius 3 is 0.731 bits per heavy atom. The van der Waals surface area contributed by atoms with Crippen LogP contribution in [0.1, 0.15) is 537 Å². The lowest BCUT2D eigenvalue weighted by atomic mass is 9.61. The number of unbranched alkanes of at least 4 members (excludes halogenated alkanes) is 1. The van der Waals surface area contributed by atoms with Gasteiger partial charge in [-0.15, -0.1) is 0 Å². The van der Waals surface area contributed by atoms with E-state index in [1.807, 2.05) is 0 Å². The van der Waals surface area contributed by atoms with Gasteiger partial charge in [-0.1, -0.05) is 402 Å². The van der Waals surface area contributed by atoms with Gasteiger partial charge in [0.2, 0.25) is 0 Å². The Morgan fingerprint density at radius 2 is 0.484 bits per heavy atom. The van der Waals surface area contributed by atoms with Crippen LogP contribution in [0, 0.1) is 60.1 Å². The third-order valence-corrected chi connectivity index (χ3v) is 28.3. The van der Waals surface area contributed by atoms with E-state index in [1.165, 1.54) is 392 Å². The molecule has 9 saturated carbocycles. The monoisotopic (exact) mass is 1300 g/mol. The summed E-state index contributed by atoms with van der Waals surface area (Å²) in [6, 6.07) is 0. The van der Waals surface area contributed by atoms with Crippen molar-refractivity contribution < 1.29 is 0 Å². The molecule has 93 heavy (non-hydrogen) atoms. The summed E-state index contributed by atoms with van der Waals surface area (Å²) in [5.74, 6) is 0.892. The summed E-state index contributed by atoms with van der Waals surface area (Å²) in [5.41, 5.74) is 6.82. The Hall–Kier alpha value is 0. The highest BCUT2D eigenvalue weighted by Crippen LogP contribution is 2.50. The van der Waals surface area contributed by atoms with Crippen molar-refractivity contribution in [2.24, 2.45) is 60.1 Å². The maximum absolute atomic E-state index is 2.49. The van der Waals surface area contributed by atoms with E-state index in [0.717, 1.165) is 27.6 Å². The molecule has 0 amide bonds. The average Bonchev–Trinajstić information content (AvgIpc) is 1.58. The molecule has 0 aromatic heterocycles. The van der Waals surface area contributed by atoms with Gasteiger partial charge >= 0.3 is 0 Å². The molecule has 9 aliphatic carbocycles. The molecule has 0 aliphatic heterocycles. The highest BCUT2D eigenvalue weighted by molar-refractivity contribution is 4.89. The van der Waals surface area contributed by atoms with Crippen molar-refractivity contribution in [3.05, 3.63) is 0 Å². The maximum atomic E-state index is 2.49. The van der Waals surface area contributed by atoms with Crippen molar-refractivity contribution in [1.82, 2.24) is 0 Å². The molecule has 0 radical (unpaired) electrons. The lowest BCUT2D eigenvalue weighted by Gasteiger charge is -2.45. The fourth-order valence-corrected chi connectivity index (χ4v) is 19.1. The van der Waals surface area contributed by atoms with Crippen LogP contribution in [0.5, 0.6) is 0 Å². The minimum Gasteiger partial charge on any atom is -0.0654 e. The van der Waals surface area contributed by atoms with E-state index in [1.54, 1.807) is 0 Å². The molecule has 0 nitrogen and oxygen atoms in total. The molecule has 9 fully saturated rings. The maximum Gasteiger partial charge on any atom is -0.0277 e.